The number of imidazole rings is 1. The number of anilines is 2. The molecule has 0 bridgehead atoms. The smallest absolute Gasteiger partial charge is 0.404 e. The SMILES string of the molecule is Cc1ccc(Nc2ccc3ncc(-c4cc5cccc(OC(F)(F)F)c5s4)n3n2)cc1C. The van der Waals surface area contributed by atoms with E-state index in [-0.39, 0.29) is 5.75 Å². The first kappa shape index (κ1) is 20.3. The van der Waals surface area contributed by atoms with Gasteiger partial charge < -0.3 is 10.1 Å². The summed E-state index contributed by atoms with van der Waals surface area (Å²) >= 11 is 1.20. The Morgan fingerprint density at radius 1 is 1.00 bits per heavy atom. The zero-order valence-corrected chi connectivity index (χ0v) is 17.9. The zero-order valence-electron chi connectivity index (χ0n) is 17.1. The standard InChI is InChI=1S/C23H17F3N4OS/c1-13-6-7-16(10-14(13)2)28-20-8-9-21-27-12-17(30(21)29-20)19-11-15-4-3-5-18(22(15)32-19)31-23(24,25)26/h3-12H,1-2H3,(H,28,29). The van der Waals surface area contributed by atoms with Crippen LogP contribution in [0.4, 0.5) is 24.7 Å². The molecule has 0 aliphatic carbocycles. The third-order valence-corrected chi connectivity index (χ3v) is 6.32. The molecule has 5 nitrogen and oxygen atoms in total. The van der Waals surface area contributed by atoms with Gasteiger partial charge in [0.1, 0.15) is 11.4 Å². The van der Waals surface area contributed by atoms with Gasteiger partial charge in [-0.3, -0.25) is 0 Å². The van der Waals surface area contributed by atoms with Crippen molar-refractivity contribution in [3.63, 3.8) is 0 Å². The van der Waals surface area contributed by atoms with Crippen LogP contribution in [0, 0.1) is 13.8 Å². The molecule has 0 saturated carbocycles. The van der Waals surface area contributed by atoms with E-state index in [1.54, 1.807) is 16.8 Å². The number of nitrogens with zero attached hydrogens (tertiary/aromatic N) is 3. The molecular weight excluding hydrogens is 437 g/mol. The summed E-state index contributed by atoms with van der Waals surface area (Å²) in [6, 6.07) is 16.2. The Kier molecular flexibility index (Phi) is 4.78. The van der Waals surface area contributed by atoms with Crippen molar-refractivity contribution in [3.8, 4) is 16.3 Å². The fourth-order valence-electron chi connectivity index (χ4n) is 3.44. The summed E-state index contributed by atoms with van der Waals surface area (Å²) in [5, 5.41) is 8.60. The van der Waals surface area contributed by atoms with E-state index in [1.807, 2.05) is 43.3 Å². The number of alkyl halides is 3. The number of aryl methyl sites for hydroxylation is 2. The maximum Gasteiger partial charge on any atom is 0.573 e. The molecule has 3 aromatic heterocycles. The number of nitrogens with one attached hydrogen (secondary N) is 1. The van der Waals surface area contributed by atoms with Crippen LogP contribution >= 0.6 is 11.3 Å². The van der Waals surface area contributed by atoms with Crippen LogP contribution in [0.1, 0.15) is 11.1 Å². The highest BCUT2D eigenvalue weighted by Gasteiger charge is 2.32. The van der Waals surface area contributed by atoms with Gasteiger partial charge in [-0.1, -0.05) is 18.2 Å². The van der Waals surface area contributed by atoms with Gasteiger partial charge in [-0.05, 0) is 66.8 Å². The van der Waals surface area contributed by atoms with E-state index in [1.165, 1.54) is 34.6 Å². The molecule has 0 atom stereocenters. The van der Waals surface area contributed by atoms with Gasteiger partial charge in [0.2, 0.25) is 0 Å². The lowest BCUT2D eigenvalue weighted by Crippen LogP contribution is -2.17. The summed E-state index contributed by atoms with van der Waals surface area (Å²) in [4.78, 5) is 5.13. The number of benzene rings is 2. The molecule has 5 rings (SSSR count). The first-order valence-electron chi connectivity index (χ1n) is 9.74. The largest absolute Gasteiger partial charge is 0.573 e. The third kappa shape index (κ3) is 3.87. The van der Waals surface area contributed by atoms with E-state index in [0.29, 0.717) is 27.2 Å². The quantitative estimate of drug-likeness (QED) is 0.322. The van der Waals surface area contributed by atoms with E-state index in [0.717, 1.165) is 10.6 Å². The molecule has 2 aromatic carbocycles. The monoisotopic (exact) mass is 454 g/mol. The summed E-state index contributed by atoms with van der Waals surface area (Å²) < 4.78 is 44.6. The van der Waals surface area contributed by atoms with Gasteiger partial charge in [-0.25, -0.2) is 9.50 Å². The van der Waals surface area contributed by atoms with Gasteiger partial charge in [0, 0.05) is 5.69 Å². The summed E-state index contributed by atoms with van der Waals surface area (Å²) in [5.74, 6) is 0.410. The number of rotatable bonds is 4. The van der Waals surface area contributed by atoms with Crippen molar-refractivity contribution in [2.24, 2.45) is 0 Å². The lowest BCUT2D eigenvalue weighted by molar-refractivity contribution is -0.274. The highest BCUT2D eigenvalue weighted by atomic mass is 32.1. The Balaban J connectivity index is 1.54. The van der Waals surface area contributed by atoms with Crippen LogP contribution < -0.4 is 10.1 Å². The van der Waals surface area contributed by atoms with Crippen LogP contribution in [0.5, 0.6) is 5.75 Å². The molecule has 0 amide bonds. The van der Waals surface area contributed by atoms with Gasteiger partial charge in [0.25, 0.3) is 0 Å². The van der Waals surface area contributed by atoms with Crippen LogP contribution in [0.2, 0.25) is 0 Å². The van der Waals surface area contributed by atoms with Crippen LogP contribution in [0.25, 0.3) is 26.3 Å². The number of fused-ring (bicyclic) bond motifs is 2. The van der Waals surface area contributed by atoms with Crippen molar-refractivity contribution in [3.05, 3.63) is 71.9 Å². The number of hydrogen-bond donors (Lipinski definition) is 1. The third-order valence-electron chi connectivity index (χ3n) is 5.13. The van der Waals surface area contributed by atoms with Crippen molar-refractivity contribution in [1.29, 1.82) is 0 Å². The van der Waals surface area contributed by atoms with Gasteiger partial charge in [0.05, 0.1) is 15.8 Å². The van der Waals surface area contributed by atoms with Crippen molar-refractivity contribution in [2.75, 3.05) is 5.32 Å². The van der Waals surface area contributed by atoms with E-state index in [2.05, 4.69) is 27.1 Å². The molecule has 0 saturated heterocycles. The Morgan fingerprint density at radius 3 is 2.62 bits per heavy atom. The minimum absolute atomic E-state index is 0.217. The lowest BCUT2D eigenvalue weighted by atomic mass is 10.1. The number of halogens is 3. The molecule has 9 heteroatoms. The summed E-state index contributed by atoms with van der Waals surface area (Å²) in [6.45, 7) is 4.10. The molecule has 0 unspecified atom stereocenters. The topological polar surface area (TPSA) is 51.5 Å². The highest BCUT2D eigenvalue weighted by Crippen LogP contribution is 2.40. The van der Waals surface area contributed by atoms with Crippen molar-refractivity contribution in [2.45, 2.75) is 20.2 Å². The van der Waals surface area contributed by atoms with E-state index >= 15 is 0 Å². The second-order valence-electron chi connectivity index (χ2n) is 7.39. The Hall–Kier alpha value is -3.59. The Morgan fingerprint density at radius 2 is 1.84 bits per heavy atom. The zero-order chi connectivity index (χ0) is 22.5. The fraction of sp³-hybridized carbons (Fsp3) is 0.130. The molecule has 0 aliphatic rings. The van der Waals surface area contributed by atoms with Gasteiger partial charge in [-0.15, -0.1) is 29.6 Å². The summed E-state index contributed by atoms with van der Waals surface area (Å²) in [6.07, 6.45) is -3.09. The molecule has 162 valence electrons. The van der Waals surface area contributed by atoms with Gasteiger partial charge in [-0.2, -0.15) is 0 Å². The lowest BCUT2D eigenvalue weighted by Gasteiger charge is -2.09. The molecule has 0 aliphatic heterocycles. The number of ether oxygens (including phenoxy) is 1. The van der Waals surface area contributed by atoms with Crippen LogP contribution in [0.15, 0.2) is 60.8 Å². The van der Waals surface area contributed by atoms with Crippen molar-refractivity contribution in [1.82, 2.24) is 14.6 Å². The molecule has 1 N–H and O–H groups in total. The molecule has 32 heavy (non-hydrogen) atoms. The van der Waals surface area contributed by atoms with Crippen LogP contribution in [0.3, 0.4) is 0 Å². The molecular formula is C23H17F3N4OS. The maximum absolute atomic E-state index is 12.8. The Bertz CT molecular complexity index is 1460. The summed E-state index contributed by atoms with van der Waals surface area (Å²) in [5.41, 5.74) is 4.60. The second-order valence-corrected chi connectivity index (χ2v) is 8.44. The second kappa shape index (κ2) is 7.52. The molecule has 0 spiro atoms. The minimum atomic E-state index is -4.75. The normalized spacial score (nSPS) is 11.9. The minimum Gasteiger partial charge on any atom is -0.404 e. The molecule has 0 fully saturated rings. The van der Waals surface area contributed by atoms with E-state index in [9.17, 15) is 13.2 Å². The first-order chi connectivity index (χ1) is 15.3. The van der Waals surface area contributed by atoms with Gasteiger partial charge >= 0.3 is 6.36 Å². The summed E-state index contributed by atoms with van der Waals surface area (Å²) in [7, 11) is 0. The average molecular weight is 454 g/mol. The van der Waals surface area contributed by atoms with Crippen molar-refractivity contribution < 1.29 is 17.9 Å². The predicted molar refractivity (Wildman–Crippen MR) is 120 cm³/mol. The molecule has 0 radical (unpaired) electrons. The highest BCUT2D eigenvalue weighted by molar-refractivity contribution is 7.22. The maximum atomic E-state index is 12.8. The molecule has 5 aromatic rings. The predicted octanol–water partition coefficient (Wildman–Crippen LogP) is 6.87. The van der Waals surface area contributed by atoms with Crippen LogP contribution in [-0.2, 0) is 0 Å². The van der Waals surface area contributed by atoms with E-state index < -0.39 is 6.36 Å². The Labute approximate surface area is 185 Å². The van der Waals surface area contributed by atoms with Gasteiger partial charge in [0.15, 0.2) is 11.5 Å². The number of thiophene rings is 1. The van der Waals surface area contributed by atoms with Crippen molar-refractivity contribution >= 4 is 38.6 Å². The fourth-order valence-corrected chi connectivity index (χ4v) is 4.55. The molecule has 3 heterocycles. The first-order valence-corrected chi connectivity index (χ1v) is 10.6. The number of aromatic nitrogens is 3. The van der Waals surface area contributed by atoms with E-state index in [4.69, 9.17) is 0 Å². The van der Waals surface area contributed by atoms with Crippen LogP contribution in [-0.4, -0.2) is 21.0 Å². The number of hydrogen-bond acceptors (Lipinski definition) is 5. The average Bonchev–Trinajstić information content (AvgIpc) is 3.34.